The van der Waals surface area contributed by atoms with Crippen LogP contribution in [0.15, 0.2) is 0 Å². The summed E-state index contributed by atoms with van der Waals surface area (Å²) in [6, 6.07) is 0. The Morgan fingerprint density at radius 2 is 1.77 bits per heavy atom. The fourth-order valence-corrected chi connectivity index (χ4v) is 0.957. The number of rotatable bonds is 7. The molecule has 0 aliphatic heterocycles. The van der Waals surface area contributed by atoms with Crippen LogP contribution in [0.4, 0.5) is 0 Å². The summed E-state index contributed by atoms with van der Waals surface area (Å²) >= 11 is 0. The van der Waals surface area contributed by atoms with Crippen LogP contribution in [-0.2, 0) is 14.3 Å². The summed E-state index contributed by atoms with van der Waals surface area (Å²) < 4.78 is 4.73. The third-order valence-electron chi connectivity index (χ3n) is 1.60. The molecule has 0 saturated heterocycles. The number of carbonyl (C=O) groups is 2. The van der Waals surface area contributed by atoms with Gasteiger partial charge in [0.15, 0.2) is 0 Å². The minimum atomic E-state index is -0.500. The fourth-order valence-electron chi connectivity index (χ4n) is 0.957. The summed E-state index contributed by atoms with van der Waals surface area (Å²) in [6.45, 7) is 1.85. The zero-order valence-electron chi connectivity index (χ0n) is 7.97. The fraction of sp³-hybridized carbons (Fsp3) is 0.778. The molecule has 0 saturated carbocycles. The van der Waals surface area contributed by atoms with Gasteiger partial charge in [-0.15, -0.1) is 0 Å². The molecular formula is C9H16NO3. The summed E-state index contributed by atoms with van der Waals surface area (Å²) in [5.41, 5.74) is 6.64. The highest BCUT2D eigenvalue weighted by molar-refractivity contribution is 5.72. The molecule has 0 heterocycles. The molecule has 0 aromatic heterocycles. The first-order valence-corrected chi connectivity index (χ1v) is 4.50. The van der Waals surface area contributed by atoms with Crippen LogP contribution in [0, 0.1) is 0 Å². The minimum Gasteiger partial charge on any atom is -0.466 e. The van der Waals surface area contributed by atoms with E-state index in [0.29, 0.717) is 13.0 Å². The highest BCUT2D eigenvalue weighted by Crippen LogP contribution is 2.02. The lowest BCUT2D eigenvalue weighted by Crippen LogP contribution is -2.00. The second-order valence-electron chi connectivity index (χ2n) is 2.93. The Bertz CT molecular complexity index is 150. The van der Waals surface area contributed by atoms with Gasteiger partial charge < -0.3 is 4.74 Å². The number of esters is 1. The van der Waals surface area contributed by atoms with Crippen LogP contribution in [0.5, 0.6) is 0 Å². The maximum absolute atomic E-state index is 10.3. The van der Waals surface area contributed by atoms with Crippen molar-refractivity contribution in [2.24, 2.45) is 0 Å². The van der Waals surface area contributed by atoms with Crippen molar-refractivity contribution in [1.29, 1.82) is 0 Å². The molecule has 0 aromatic carbocycles. The topological polar surface area (TPSA) is 67.2 Å². The van der Waals surface area contributed by atoms with Gasteiger partial charge in [0.05, 0.1) is 6.61 Å². The van der Waals surface area contributed by atoms with E-state index in [2.05, 4.69) is 0 Å². The maximum Gasteiger partial charge on any atom is 0.302 e. The van der Waals surface area contributed by atoms with Gasteiger partial charge in [0.25, 0.3) is 0 Å². The van der Waals surface area contributed by atoms with Crippen LogP contribution < -0.4 is 5.73 Å². The molecule has 1 amide bonds. The molecule has 0 aliphatic rings. The molecule has 0 aromatic rings. The Kier molecular flexibility index (Phi) is 6.96. The molecule has 4 nitrogen and oxygen atoms in total. The average Bonchev–Trinajstić information content (AvgIpc) is 2.01. The summed E-state index contributed by atoms with van der Waals surface area (Å²) in [5, 5.41) is 0. The first-order chi connectivity index (χ1) is 6.13. The van der Waals surface area contributed by atoms with Crippen LogP contribution in [0.25, 0.3) is 0 Å². The summed E-state index contributed by atoms with van der Waals surface area (Å²) in [6.07, 6.45) is 3.81. The summed E-state index contributed by atoms with van der Waals surface area (Å²) in [5.74, 6) is -0.749. The number of amides is 1. The van der Waals surface area contributed by atoms with Crippen LogP contribution in [0.3, 0.4) is 0 Å². The molecule has 13 heavy (non-hydrogen) atoms. The first kappa shape index (κ1) is 11.9. The molecule has 1 N–H and O–H groups in total. The molecule has 0 aliphatic carbocycles. The number of carbonyl (C=O) groups excluding carboxylic acids is 2. The lowest BCUT2D eigenvalue weighted by atomic mass is 10.1. The predicted molar refractivity (Wildman–Crippen MR) is 47.8 cm³/mol. The van der Waals surface area contributed by atoms with Crippen molar-refractivity contribution in [2.75, 3.05) is 6.61 Å². The van der Waals surface area contributed by atoms with E-state index in [9.17, 15) is 9.59 Å². The van der Waals surface area contributed by atoms with Gasteiger partial charge in [0, 0.05) is 13.3 Å². The van der Waals surface area contributed by atoms with Crippen molar-refractivity contribution in [3.8, 4) is 0 Å². The van der Waals surface area contributed by atoms with Gasteiger partial charge in [-0.3, -0.25) is 15.3 Å². The lowest BCUT2D eigenvalue weighted by Gasteiger charge is -2.00. The first-order valence-electron chi connectivity index (χ1n) is 4.50. The molecule has 75 valence electrons. The Morgan fingerprint density at radius 1 is 1.15 bits per heavy atom. The van der Waals surface area contributed by atoms with Crippen molar-refractivity contribution in [1.82, 2.24) is 5.73 Å². The van der Waals surface area contributed by atoms with E-state index < -0.39 is 5.91 Å². The number of unbranched alkanes of at least 4 members (excludes halogenated alkanes) is 3. The van der Waals surface area contributed by atoms with E-state index in [-0.39, 0.29) is 5.97 Å². The van der Waals surface area contributed by atoms with Crippen molar-refractivity contribution in [3.63, 3.8) is 0 Å². The summed E-state index contributed by atoms with van der Waals surface area (Å²) in [4.78, 5) is 20.5. The normalized spacial score (nSPS) is 9.62. The minimum absolute atomic E-state index is 0.249. The second kappa shape index (κ2) is 7.58. The van der Waals surface area contributed by atoms with E-state index in [1.54, 1.807) is 0 Å². The predicted octanol–water partition coefficient (Wildman–Crippen LogP) is 1.31. The van der Waals surface area contributed by atoms with Crippen molar-refractivity contribution in [2.45, 2.75) is 39.0 Å². The highest BCUT2D eigenvalue weighted by Gasteiger charge is 1.96. The average molecular weight is 186 g/mol. The smallest absolute Gasteiger partial charge is 0.302 e. The molecule has 1 radical (unpaired) electrons. The van der Waals surface area contributed by atoms with E-state index >= 15 is 0 Å². The van der Waals surface area contributed by atoms with E-state index in [4.69, 9.17) is 10.5 Å². The molecule has 0 rings (SSSR count). The Morgan fingerprint density at radius 3 is 2.31 bits per heavy atom. The van der Waals surface area contributed by atoms with Gasteiger partial charge in [-0.2, -0.15) is 0 Å². The van der Waals surface area contributed by atoms with E-state index in [0.717, 1.165) is 25.7 Å². The highest BCUT2D eigenvalue weighted by atomic mass is 16.5. The Hall–Kier alpha value is -1.06. The zero-order chi connectivity index (χ0) is 10.1. The molecule has 0 fully saturated rings. The summed E-state index contributed by atoms with van der Waals surface area (Å²) in [7, 11) is 0. The van der Waals surface area contributed by atoms with Crippen molar-refractivity contribution < 1.29 is 14.3 Å². The number of ether oxygens (including phenoxy) is 1. The van der Waals surface area contributed by atoms with Crippen LogP contribution in [-0.4, -0.2) is 18.5 Å². The molecule has 4 heteroatoms. The van der Waals surface area contributed by atoms with Gasteiger partial charge in [0.2, 0.25) is 5.91 Å². The van der Waals surface area contributed by atoms with Crippen LogP contribution in [0.1, 0.15) is 39.0 Å². The molecular weight excluding hydrogens is 170 g/mol. The van der Waals surface area contributed by atoms with E-state index in [1.807, 2.05) is 0 Å². The van der Waals surface area contributed by atoms with Gasteiger partial charge >= 0.3 is 5.97 Å². The third-order valence-corrected chi connectivity index (χ3v) is 1.60. The SMILES string of the molecule is CC(=O)OCCCCCCC([NH])=O. The number of hydrogen-bond donors (Lipinski definition) is 0. The van der Waals surface area contributed by atoms with Gasteiger partial charge in [-0.05, 0) is 12.8 Å². The van der Waals surface area contributed by atoms with Gasteiger partial charge in [0.1, 0.15) is 0 Å². The lowest BCUT2D eigenvalue weighted by molar-refractivity contribution is -0.141. The zero-order valence-corrected chi connectivity index (χ0v) is 7.97. The Balaban J connectivity index is 3.00. The Labute approximate surface area is 78.4 Å². The maximum atomic E-state index is 10.3. The molecule has 0 atom stereocenters. The number of nitrogens with one attached hydrogen (secondary N) is 1. The molecule has 0 spiro atoms. The van der Waals surface area contributed by atoms with Crippen LogP contribution >= 0.6 is 0 Å². The standard InChI is InChI=1S/C9H16NO3/c1-8(11)13-7-5-3-2-4-6-9(10)12/h10H,2-7H2,1H3. The monoisotopic (exact) mass is 186 g/mol. The van der Waals surface area contributed by atoms with Gasteiger partial charge in [-0.25, -0.2) is 0 Å². The molecule has 0 unspecified atom stereocenters. The van der Waals surface area contributed by atoms with Crippen molar-refractivity contribution in [3.05, 3.63) is 0 Å². The largest absolute Gasteiger partial charge is 0.466 e. The van der Waals surface area contributed by atoms with Gasteiger partial charge in [-0.1, -0.05) is 12.8 Å². The molecule has 0 bridgehead atoms. The van der Waals surface area contributed by atoms with E-state index in [1.165, 1.54) is 6.92 Å². The quantitative estimate of drug-likeness (QED) is 0.444. The number of hydrogen-bond acceptors (Lipinski definition) is 3. The second-order valence-corrected chi connectivity index (χ2v) is 2.93. The van der Waals surface area contributed by atoms with Crippen molar-refractivity contribution >= 4 is 11.9 Å². The third kappa shape index (κ3) is 10.9. The van der Waals surface area contributed by atoms with Crippen LogP contribution in [0.2, 0.25) is 0 Å².